The van der Waals surface area contributed by atoms with Crippen LogP contribution in [0.4, 0.5) is 0 Å². The summed E-state index contributed by atoms with van der Waals surface area (Å²) in [6.07, 6.45) is 0. The zero-order valence-corrected chi connectivity index (χ0v) is 22.0. The van der Waals surface area contributed by atoms with Gasteiger partial charge >= 0.3 is 0 Å². The Balaban J connectivity index is 2.07. The average molecular weight is 557 g/mol. The van der Waals surface area contributed by atoms with E-state index < -0.39 is 19.7 Å². The standard InChI is InChI=1S/C20H24N6O5S4/c1-13(23-25-19(21)32)11-34(27,28)17-7-3-15(4-8-17)31-16-5-9-18(10-6-16)35(29,30)12-14(2)24-26-20(22)33/h3-10H,11-12H2,1-2H3,(H3,21,25,32)(H3,22,26,33)/b23-13-,24-14-. The summed E-state index contributed by atoms with van der Waals surface area (Å²) in [6.45, 7) is 3.06. The average Bonchev–Trinajstić information content (AvgIpc) is 2.76. The van der Waals surface area contributed by atoms with Crippen molar-refractivity contribution < 1.29 is 21.6 Å². The maximum atomic E-state index is 12.5. The summed E-state index contributed by atoms with van der Waals surface area (Å²) in [7, 11) is -7.29. The number of hydrogen-bond donors (Lipinski definition) is 4. The second-order valence-corrected chi connectivity index (χ2v) is 12.1. The molecule has 0 saturated carbocycles. The van der Waals surface area contributed by atoms with Crippen LogP contribution < -0.4 is 27.1 Å². The predicted octanol–water partition coefficient (Wildman–Crippen LogP) is 1.44. The van der Waals surface area contributed by atoms with Gasteiger partial charge in [0, 0.05) is 0 Å². The van der Waals surface area contributed by atoms with E-state index in [1.54, 1.807) is 0 Å². The van der Waals surface area contributed by atoms with Gasteiger partial charge in [-0.1, -0.05) is 0 Å². The van der Waals surface area contributed by atoms with E-state index in [0.29, 0.717) is 11.5 Å². The lowest BCUT2D eigenvalue weighted by Crippen LogP contribution is -2.26. The van der Waals surface area contributed by atoms with Gasteiger partial charge in [0.15, 0.2) is 29.9 Å². The number of hydrazone groups is 2. The number of nitrogens with two attached hydrogens (primary N) is 2. The highest BCUT2D eigenvalue weighted by Gasteiger charge is 2.18. The molecule has 0 atom stereocenters. The molecule has 2 aromatic carbocycles. The van der Waals surface area contributed by atoms with Gasteiger partial charge in [0.25, 0.3) is 0 Å². The van der Waals surface area contributed by atoms with Gasteiger partial charge in [-0.3, -0.25) is 10.9 Å². The fourth-order valence-electron chi connectivity index (χ4n) is 2.65. The van der Waals surface area contributed by atoms with E-state index in [1.807, 2.05) is 0 Å². The van der Waals surface area contributed by atoms with Crippen LogP contribution in [-0.4, -0.2) is 50.0 Å². The fourth-order valence-corrected chi connectivity index (χ4v) is 5.40. The van der Waals surface area contributed by atoms with Crippen molar-refractivity contribution in [2.45, 2.75) is 23.6 Å². The number of nitrogens with one attached hydrogen (secondary N) is 2. The van der Waals surface area contributed by atoms with Crippen molar-refractivity contribution in [3.05, 3.63) is 48.5 Å². The lowest BCUT2D eigenvalue weighted by molar-refractivity contribution is 0.481. The third kappa shape index (κ3) is 9.20. The van der Waals surface area contributed by atoms with Gasteiger partial charge in [0.05, 0.1) is 32.7 Å². The first kappa shape index (κ1) is 28.1. The molecule has 0 radical (unpaired) electrons. The van der Waals surface area contributed by atoms with Gasteiger partial charge in [-0.15, -0.1) is 0 Å². The number of benzene rings is 2. The van der Waals surface area contributed by atoms with Crippen molar-refractivity contribution in [2.75, 3.05) is 11.5 Å². The molecule has 0 spiro atoms. The highest BCUT2D eigenvalue weighted by Crippen LogP contribution is 2.25. The zero-order chi connectivity index (χ0) is 26.2. The highest BCUT2D eigenvalue weighted by atomic mass is 32.2. The fraction of sp³-hybridized carbons (Fsp3) is 0.200. The summed E-state index contributed by atoms with van der Waals surface area (Å²) in [4.78, 5) is 0.163. The molecule has 0 aliphatic carbocycles. The van der Waals surface area contributed by atoms with Crippen molar-refractivity contribution in [1.82, 2.24) is 10.9 Å². The Morgan fingerprint density at radius 2 is 1.06 bits per heavy atom. The molecular formula is C20H24N6O5S4. The third-order valence-electron chi connectivity index (χ3n) is 4.11. The predicted molar refractivity (Wildman–Crippen MR) is 143 cm³/mol. The van der Waals surface area contributed by atoms with Gasteiger partial charge in [0.2, 0.25) is 0 Å². The molecule has 0 aromatic heterocycles. The van der Waals surface area contributed by atoms with E-state index in [9.17, 15) is 16.8 Å². The Kier molecular flexibility index (Phi) is 9.64. The van der Waals surface area contributed by atoms with E-state index >= 15 is 0 Å². The van der Waals surface area contributed by atoms with E-state index in [1.165, 1.54) is 62.4 Å². The molecule has 11 nitrogen and oxygen atoms in total. The van der Waals surface area contributed by atoms with Crippen LogP contribution in [0, 0.1) is 0 Å². The SMILES string of the molecule is C/C(CS(=O)(=O)c1ccc(Oc2ccc(S(=O)(=O)C/C(C)=N\NC(N)=S)cc2)cc1)=N/NC(N)=S. The summed E-state index contributed by atoms with van der Waals surface area (Å²) < 4.78 is 55.9. The summed E-state index contributed by atoms with van der Waals surface area (Å²) in [5, 5.41) is 7.46. The van der Waals surface area contributed by atoms with Crippen molar-refractivity contribution in [1.29, 1.82) is 0 Å². The Labute approximate surface area is 214 Å². The number of rotatable bonds is 10. The zero-order valence-electron chi connectivity index (χ0n) is 18.8. The highest BCUT2D eigenvalue weighted by molar-refractivity contribution is 7.92. The van der Waals surface area contributed by atoms with Crippen molar-refractivity contribution in [3.8, 4) is 11.5 Å². The normalized spacial score (nSPS) is 12.6. The topological polar surface area (TPSA) is 178 Å². The molecule has 15 heteroatoms. The Hall–Kier alpha value is -3.14. The molecule has 0 unspecified atom stereocenters. The van der Waals surface area contributed by atoms with Crippen LogP contribution in [0.1, 0.15) is 13.8 Å². The molecule has 0 heterocycles. The summed E-state index contributed by atoms with van der Waals surface area (Å²) in [6, 6.07) is 11.6. The summed E-state index contributed by atoms with van der Waals surface area (Å²) >= 11 is 9.25. The molecule has 0 aliphatic heterocycles. The third-order valence-corrected chi connectivity index (χ3v) is 7.87. The number of hydrogen-bond acceptors (Lipinski definition) is 9. The van der Waals surface area contributed by atoms with Gasteiger partial charge in [0.1, 0.15) is 11.5 Å². The van der Waals surface area contributed by atoms with E-state index in [-0.39, 0.29) is 42.9 Å². The molecule has 35 heavy (non-hydrogen) atoms. The van der Waals surface area contributed by atoms with Crippen LogP contribution in [0.3, 0.4) is 0 Å². The second-order valence-electron chi connectivity index (χ2n) is 7.21. The largest absolute Gasteiger partial charge is 0.457 e. The number of ether oxygens (including phenoxy) is 1. The quantitative estimate of drug-likeness (QED) is 0.189. The smallest absolute Gasteiger partial charge is 0.184 e. The van der Waals surface area contributed by atoms with Crippen LogP contribution in [0.5, 0.6) is 11.5 Å². The molecule has 2 rings (SSSR count). The van der Waals surface area contributed by atoms with Gasteiger partial charge < -0.3 is 16.2 Å². The minimum Gasteiger partial charge on any atom is -0.457 e. The maximum Gasteiger partial charge on any atom is 0.184 e. The van der Waals surface area contributed by atoms with Gasteiger partial charge in [-0.2, -0.15) is 10.2 Å². The van der Waals surface area contributed by atoms with Crippen molar-refractivity contribution in [2.24, 2.45) is 21.7 Å². The summed E-state index contributed by atoms with van der Waals surface area (Å²) in [5.74, 6) is 0.0919. The number of nitrogens with zero attached hydrogens (tertiary/aromatic N) is 2. The molecular weight excluding hydrogens is 533 g/mol. The van der Waals surface area contributed by atoms with Crippen LogP contribution >= 0.6 is 24.4 Å². The molecule has 0 amide bonds. The number of sulfone groups is 2. The number of thiocarbonyl (C=S) groups is 2. The Bertz CT molecular complexity index is 1250. The lowest BCUT2D eigenvalue weighted by Gasteiger charge is -2.09. The molecule has 6 N–H and O–H groups in total. The molecule has 0 fully saturated rings. The molecule has 0 aliphatic rings. The first-order valence-corrected chi connectivity index (χ1v) is 13.9. The first-order valence-electron chi connectivity index (χ1n) is 9.79. The first-order chi connectivity index (χ1) is 16.3. The van der Waals surface area contributed by atoms with Crippen LogP contribution in [0.2, 0.25) is 0 Å². The maximum absolute atomic E-state index is 12.5. The minimum atomic E-state index is -3.64. The van der Waals surface area contributed by atoms with E-state index in [4.69, 9.17) is 16.2 Å². The second kappa shape index (κ2) is 12.0. The minimum absolute atomic E-state index is 0.0669. The molecule has 2 aromatic rings. The van der Waals surface area contributed by atoms with Crippen molar-refractivity contribution in [3.63, 3.8) is 0 Å². The van der Waals surface area contributed by atoms with E-state index in [0.717, 1.165) is 0 Å². The van der Waals surface area contributed by atoms with Gasteiger partial charge in [-0.05, 0) is 86.8 Å². The lowest BCUT2D eigenvalue weighted by atomic mass is 10.3. The Morgan fingerprint density at radius 1 is 0.743 bits per heavy atom. The summed E-state index contributed by atoms with van der Waals surface area (Å²) in [5.41, 5.74) is 15.8. The van der Waals surface area contributed by atoms with E-state index in [2.05, 4.69) is 45.5 Å². The molecule has 0 saturated heterocycles. The van der Waals surface area contributed by atoms with Gasteiger partial charge in [-0.25, -0.2) is 16.8 Å². The van der Waals surface area contributed by atoms with Crippen LogP contribution in [-0.2, 0) is 19.7 Å². The van der Waals surface area contributed by atoms with Crippen molar-refractivity contribution >= 4 is 65.8 Å². The van der Waals surface area contributed by atoms with Crippen LogP contribution in [0.25, 0.3) is 0 Å². The molecule has 0 bridgehead atoms. The van der Waals surface area contributed by atoms with Crippen LogP contribution in [0.15, 0.2) is 68.5 Å². The Morgan fingerprint density at radius 3 is 1.34 bits per heavy atom. The monoisotopic (exact) mass is 556 g/mol. The molecule has 188 valence electrons.